The molecular weight excluding hydrogens is 538 g/mol. The van der Waals surface area contributed by atoms with E-state index in [9.17, 15) is 8.42 Å². The van der Waals surface area contributed by atoms with E-state index in [1.165, 1.54) is 27.6 Å². The van der Waals surface area contributed by atoms with Crippen molar-refractivity contribution in [3.05, 3.63) is 40.2 Å². The average Bonchev–Trinajstić information content (AvgIpc) is 3.43. The highest BCUT2D eigenvalue weighted by atomic mass is 35.5. The minimum absolute atomic E-state index is 0.0146. The van der Waals surface area contributed by atoms with Crippen LogP contribution in [-0.2, 0) is 23.3 Å². The standard InChI is InChI=1S/C27H36ClN7O3S/c1-15(2)14-39(36,37)26-22(13-35(5)34-26)31-25-20(28)12-30-27(33-25)32-21-10-16(3)23(18-6-8-29-9-7-18)19-11-17(4)38-24(19)21/h10,12-13,15,17-18,29H,6-9,11,14H2,1-5H3,(H2,30,31,32,33). The van der Waals surface area contributed by atoms with Gasteiger partial charge in [0.2, 0.25) is 11.0 Å². The molecular formula is C27H36ClN7O3S. The van der Waals surface area contributed by atoms with Gasteiger partial charge in [-0.25, -0.2) is 13.4 Å². The first-order valence-corrected chi connectivity index (χ1v) is 15.4. The number of halogens is 1. The van der Waals surface area contributed by atoms with Gasteiger partial charge in [0, 0.05) is 25.2 Å². The Hall–Kier alpha value is -2.89. The maximum absolute atomic E-state index is 13.0. The smallest absolute Gasteiger partial charge is 0.229 e. The maximum atomic E-state index is 13.0. The Morgan fingerprint density at radius 3 is 2.69 bits per heavy atom. The highest BCUT2D eigenvalue weighted by Gasteiger charge is 2.31. The van der Waals surface area contributed by atoms with Crippen LogP contribution in [0.25, 0.3) is 0 Å². The van der Waals surface area contributed by atoms with E-state index in [0.717, 1.165) is 43.8 Å². The van der Waals surface area contributed by atoms with Crippen LogP contribution in [0, 0.1) is 12.8 Å². The third-order valence-electron chi connectivity index (χ3n) is 7.07. The second kappa shape index (κ2) is 10.9. The van der Waals surface area contributed by atoms with Crippen LogP contribution in [0.1, 0.15) is 56.2 Å². The molecule has 210 valence electrons. The Kier molecular flexibility index (Phi) is 7.76. The van der Waals surface area contributed by atoms with Crippen LogP contribution in [-0.4, -0.2) is 53.1 Å². The summed E-state index contributed by atoms with van der Waals surface area (Å²) in [5.41, 5.74) is 5.01. The zero-order valence-corrected chi connectivity index (χ0v) is 24.6. The van der Waals surface area contributed by atoms with E-state index in [-0.39, 0.29) is 33.6 Å². The number of sulfone groups is 1. The molecule has 0 bridgehead atoms. The van der Waals surface area contributed by atoms with Crippen molar-refractivity contribution in [2.24, 2.45) is 13.0 Å². The first-order valence-electron chi connectivity index (χ1n) is 13.4. The molecule has 1 unspecified atom stereocenters. The topological polar surface area (TPSA) is 123 Å². The summed E-state index contributed by atoms with van der Waals surface area (Å²) < 4.78 is 33.7. The van der Waals surface area contributed by atoms with Crippen molar-refractivity contribution in [3.8, 4) is 5.75 Å². The molecule has 10 nitrogen and oxygen atoms in total. The number of fused-ring (bicyclic) bond motifs is 1. The number of nitrogens with zero attached hydrogens (tertiary/aromatic N) is 4. The predicted octanol–water partition coefficient (Wildman–Crippen LogP) is 4.88. The summed E-state index contributed by atoms with van der Waals surface area (Å²) in [6.07, 6.45) is 6.28. The maximum Gasteiger partial charge on any atom is 0.229 e. The molecule has 39 heavy (non-hydrogen) atoms. The highest BCUT2D eigenvalue weighted by Crippen LogP contribution is 2.45. The van der Waals surface area contributed by atoms with E-state index in [0.29, 0.717) is 17.6 Å². The number of rotatable bonds is 8. The number of ether oxygens (including phenoxy) is 1. The summed E-state index contributed by atoms with van der Waals surface area (Å²) in [6.45, 7) is 10.0. The van der Waals surface area contributed by atoms with Gasteiger partial charge < -0.3 is 20.7 Å². The lowest BCUT2D eigenvalue weighted by Crippen LogP contribution is -2.27. The number of hydrogen-bond donors (Lipinski definition) is 3. The van der Waals surface area contributed by atoms with Gasteiger partial charge in [0.15, 0.2) is 15.7 Å². The average molecular weight is 574 g/mol. The Morgan fingerprint density at radius 1 is 1.23 bits per heavy atom. The molecule has 0 saturated carbocycles. The van der Waals surface area contributed by atoms with E-state index in [1.54, 1.807) is 13.2 Å². The van der Waals surface area contributed by atoms with Crippen LogP contribution in [0.15, 0.2) is 23.5 Å². The first kappa shape index (κ1) is 27.7. The number of hydrogen-bond acceptors (Lipinski definition) is 9. The van der Waals surface area contributed by atoms with Crippen molar-refractivity contribution in [1.82, 2.24) is 25.1 Å². The number of aromatic nitrogens is 4. The minimum Gasteiger partial charge on any atom is -0.488 e. The Bertz CT molecular complexity index is 1480. The van der Waals surface area contributed by atoms with Gasteiger partial charge in [-0.05, 0) is 68.8 Å². The van der Waals surface area contributed by atoms with E-state index < -0.39 is 9.84 Å². The normalized spacial score (nSPS) is 17.8. The molecule has 2 aliphatic rings. The van der Waals surface area contributed by atoms with Crippen molar-refractivity contribution in [2.75, 3.05) is 29.5 Å². The molecule has 0 amide bonds. The molecule has 0 spiro atoms. The lowest BCUT2D eigenvalue weighted by atomic mass is 9.83. The SMILES string of the molecule is Cc1cc(Nc2ncc(Cl)c(Nc3cn(C)nc3S(=O)(=O)CC(C)C)n2)c2c(c1C1CCNCC1)CC(C)O2. The Labute approximate surface area is 234 Å². The third kappa shape index (κ3) is 5.85. The van der Waals surface area contributed by atoms with Gasteiger partial charge in [-0.3, -0.25) is 4.68 Å². The largest absolute Gasteiger partial charge is 0.488 e. The lowest BCUT2D eigenvalue weighted by Gasteiger charge is -2.27. The van der Waals surface area contributed by atoms with Crippen molar-refractivity contribution >= 4 is 44.6 Å². The van der Waals surface area contributed by atoms with Gasteiger partial charge in [0.25, 0.3) is 0 Å². The molecule has 4 heterocycles. The predicted molar refractivity (Wildman–Crippen MR) is 154 cm³/mol. The summed E-state index contributed by atoms with van der Waals surface area (Å²) >= 11 is 6.43. The molecule has 0 aliphatic carbocycles. The fraction of sp³-hybridized carbons (Fsp3) is 0.519. The van der Waals surface area contributed by atoms with Gasteiger partial charge in [0.05, 0.1) is 23.3 Å². The van der Waals surface area contributed by atoms with Crippen molar-refractivity contribution in [1.29, 1.82) is 0 Å². The minimum atomic E-state index is -3.61. The van der Waals surface area contributed by atoms with E-state index in [4.69, 9.17) is 16.3 Å². The molecule has 1 atom stereocenters. The summed E-state index contributed by atoms with van der Waals surface area (Å²) in [5.74, 6) is 1.91. The first-order chi connectivity index (χ1) is 18.5. The molecule has 3 N–H and O–H groups in total. The summed E-state index contributed by atoms with van der Waals surface area (Å²) in [4.78, 5) is 8.96. The molecule has 1 saturated heterocycles. The van der Waals surface area contributed by atoms with Crippen molar-refractivity contribution < 1.29 is 13.2 Å². The number of aryl methyl sites for hydroxylation is 2. The monoisotopic (exact) mass is 573 g/mol. The van der Waals surface area contributed by atoms with E-state index in [2.05, 4.69) is 50.9 Å². The molecule has 12 heteroatoms. The van der Waals surface area contributed by atoms with Crippen LogP contribution in [0.3, 0.4) is 0 Å². The van der Waals surface area contributed by atoms with Gasteiger partial charge in [-0.15, -0.1) is 0 Å². The van der Waals surface area contributed by atoms with Gasteiger partial charge in [0.1, 0.15) is 16.9 Å². The van der Waals surface area contributed by atoms with E-state index >= 15 is 0 Å². The summed E-state index contributed by atoms with van der Waals surface area (Å²) in [6, 6.07) is 2.11. The number of benzene rings is 1. The molecule has 0 radical (unpaired) electrons. The zero-order valence-electron chi connectivity index (χ0n) is 23.0. The number of nitrogens with one attached hydrogen (secondary N) is 3. The second-order valence-electron chi connectivity index (χ2n) is 11.0. The second-order valence-corrected chi connectivity index (χ2v) is 13.3. The van der Waals surface area contributed by atoms with Gasteiger partial charge in [-0.1, -0.05) is 25.4 Å². The Morgan fingerprint density at radius 2 is 1.97 bits per heavy atom. The molecule has 2 aromatic heterocycles. The third-order valence-corrected chi connectivity index (χ3v) is 9.35. The highest BCUT2D eigenvalue weighted by molar-refractivity contribution is 7.91. The zero-order chi connectivity index (χ0) is 27.9. The van der Waals surface area contributed by atoms with Gasteiger partial charge >= 0.3 is 0 Å². The summed E-state index contributed by atoms with van der Waals surface area (Å²) in [5, 5.41) is 14.3. The van der Waals surface area contributed by atoms with Crippen LogP contribution in [0.4, 0.5) is 23.1 Å². The van der Waals surface area contributed by atoms with Crippen LogP contribution >= 0.6 is 11.6 Å². The molecule has 5 rings (SSSR count). The van der Waals surface area contributed by atoms with Crippen molar-refractivity contribution in [2.45, 2.75) is 64.0 Å². The molecule has 2 aliphatic heterocycles. The van der Waals surface area contributed by atoms with Crippen LogP contribution < -0.4 is 20.7 Å². The lowest BCUT2D eigenvalue weighted by molar-refractivity contribution is 0.256. The van der Waals surface area contributed by atoms with Gasteiger partial charge in [-0.2, -0.15) is 10.1 Å². The van der Waals surface area contributed by atoms with Crippen molar-refractivity contribution in [3.63, 3.8) is 0 Å². The summed E-state index contributed by atoms with van der Waals surface area (Å²) in [7, 11) is -1.94. The number of anilines is 4. The fourth-order valence-corrected chi connectivity index (χ4v) is 7.45. The van der Waals surface area contributed by atoms with Crippen LogP contribution in [0.2, 0.25) is 5.02 Å². The molecule has 3 aromatic rings. The fourth-order valence-electron chi connectivity index (χ4n) is 5.59. The quantitative estimate of drug-likeness (QED) is 0.346. The van der Waals surface area contributed by atoms with Crippen LogP contribution in [0.5, 0.6) is 5.75 Å². The Balaban J connectivity index is 1.46. The number of piperidine rings is 1. The van der Waals surface area contributed by atoms with E-state index in [1.807, 2.05) is 13.8 Å². The molecule has 1 aromatic carbocycles. The molecule has 1 fully saturated rings.